The Kier molecular flexibility index (Phi) is 7.27. The van der Waals surface area contributed by atoms with Gasteiger partial charge in [0.1, 0.15) is 6.04 Å². The first kappa shape index (κ1) is 22.4. The van der Waals surface area contributed by atoms with Crippen molar-refractivity contribution in [1.29, 1.82) is 0 Å². The molecule has 2 aromatic rings. The molecule has 30 heavy (non-hydrogen) atoms. The minimum atomic E-state index is -0.607. The minimum absolute atomic E-state index is 0.0491. The van der Waals surface area contributed by atoms with E-state index in [1.165, 1.54) is 5.56 Å². The molecule has 160 valence electrons. The standard InChI is InChI=1S/C23H27Cl2N3O2/c1-14(2)21(27-22(29)17-11-19(25)13-20(26)12-17)23(30)28-9-7-16(8-10-28)15-3-5-18(24)6-4-15/h3-6,11-14,16,21H,7-10,26H2,1-2H3,(H,27,29)/t21-/m1/s1. The topological polar surface area (TPSA) is 75.4 Å². The maximum absolute atomic E-state index is 13.2. The summed E-state index contributed by atoms with van der Waals surface area (Å²) >= 11 is 12.0. The Hall–Kier alpha value is -2.24. The molecule has 1 heterocycles. The van der Waals surface area contributed by atoms with Crippen molar-refractivity contribution in [2.75, 3.05) is 18.8 Å². The summed E-state index contributed by atoms with van der Waals surface area (Å²) in [6.45, 7) is 5.18. The molecule has 1 aliphatic heterocycles. The van der Waals surface area contributed by atoms with E-state index in [1.54, 1.807) is 18.2 Å². The van der Waals surface area contributed by atoms with Gasteiger partial charge in [0.05, 0.1) is 0 Å². The lowest BCUT2D eigenvalue weighted by Crippen LogP contribution is -2.52. The number of hydrogen-bond donors (Lipinski definition) is 2. The molecule has 0 aromatic heterocycles. The van der Waals surface area contributed by atoms with Gasteiger partial charge in [-0.05, 0) is 60.6 Å². The molecule has 0 aliphatic carbocycles. The molecule has 3 rings (SSSR count). The molecule has 1 atom stereocenters. The number of anilines is 1. The van der Waals surface area contributed by atoms with E-state index in [9.17, 15) is 9.59 Å². The molecule has 0 bridgehead atoms. The van der Waals surface area contributed by atoms with Crippen molar-refractivity contribution in [3.8, 4) is 0 Å². The van der Waals surface area contributed by atoms with Gasteiger partial charge in [0.15, 0.2) is 0 Å². The highest BCUT2D eigenvalue weighted by Crippen LogP contribution is 2.29. The van der Waals surface area contributed by atoms with Gasteiger partial charge < -0.3 is 16.0 Å². The predicted octanol–water partition coefficient (Wildman–Crippen LogP) is 4.74. The summed E-state index contributed by atoms with van der Waals surface area (Å²) in [5, 5.41) is 3.99. The highest BCUT2D eigenvalue weighted by Gasteiger charge is 2.31. The zero-order chi connectivity index (χ0) is 21.8. The molecule has 2 amide bonds. The zero-order valence-corrected chi connectivity index (χ0v) is 18.7. The van der Waals surface area contributed by atoms with Crippen LogP contribution >= 0.6 is 23.2 Å². The van der Waals surface area contributed by atoms with E-state index in [0.717, 1.165) is 17.9 Å². The molecule has 5 nitrogen and oxygen atoms in total. The molecule has 0 spiro atoms. The molecule has 0 radical (unpaired) electrons. The first-order valence-electron chi connectivity index (χ1n) is 10.2. The number of hydrogen-bond acceptors (Lipinski definition) is 3. The van der Waals surface area contributed by atoms with Crippen molar-refractivity contribution in [3.05, 3.63) is 63.6 Å². The van der Waals surface area contributed by atoms with Gasteiger partial charge in [-0.3, -0.25) is 9.59 Å². The fraction of sp³-hybridized carbons (Fsp3) is 0.391. The summed E-state index contributed by atoms with van der Waals surface area (Å²) in [7, 11) is 0. The number of likely N-dealkylation sites (tertiary alicyclic amines) is 1. The van der Waals surface area contributed by atoms with Gasteiger partial charge in [-0.15, -0.1) is 0 Å². The van der Waals surface area contributed by atoms with E-state index in [1.807, 2.05) is 30.9 Å². The quantitative estimate of drug-likeness (QED) is 0.649. The van der Waals surface area contributed by atoms with E-state index >= 15 is 0 Å². The fourth-order valence-corrected chi connectivity index (χ4v) is 4.22. The number of carbonyl (C=O) groups excluding carboxylic acids is 2. The number of amides is 2. The summed E-state index contributed by atoms with van der Waals surface area (Å²) in [5.74, 6) is -0.0463. The van der Waals surface area contributed by atoms with Gasteiger partial charge >= 0.3 is 0 Å². The van der Waals surface area contributed by atoms with Gasteiger partial charge in [-0.25, -0.2) is 0 Å². The van der Waals surface area contributed by atoms with Crippen molar-refractivity contribution in [3.63, 3.8) is 0 Å². The summed E-state index contributed by atoms with van der Waals surface area (Å²) < 4.78 is 0. The molecule has 3 N–H and O–H groups in total. The predicted molar refractivity (Wildman–Crippen MR) is 122 cm³/mol. The lowest BCUT2D eigenvalue weighted by molar-refractivity contribution is -0.135. The third kappa shape index (κ3) is 5.46. The molecule has 2 aromatic carbocycles. The smallest absolute Gasteiger partial charge is 0.252 e. The molecule has 1 fully saturated rings. The SMILES string of the molecule is CC(C)[C@@H](NC(=O)c1cc(N)cc(Cl)c1)C(=O)N1CCC(c2ccc(Cl)cc2)CC1. The molecule has 1 saturated heterocycles. The largest absolute Gasteiger partial charge is 0.399 e. The number of piperidine rings is 1. The number of nitrogens with zero attached hydrogens (tertiary/aromatic N) is 1. The van der Waals surface area contributed by atoms with Crippen LogP contribution in [0.1, 0.15) is 48.5 Å². The van der Waals surface area contributed by atoms with Crippen LogP contribution in [-0.4, -0.2) is 35.8 Å². The van der Waals surface area contributed by atoms with E-state index in [4.69, 9.17) is 28.9 Å². The number of halogens is 2. The van der Waals surface area contributed by atoms with E-state index in [2.05, 4.69) is 17.4 Å². The Morgan fingerprint density at radius 2 is 1.67 bits per heavy atom. The summed E-state index contributed by atoms with van der Waals surface area (Å²) in [6.07, 6.45) is 1.77. The van der Waals surface area contributed by atoms with Crippen LogP contribution in [-0.2, 0) is 4.79 Å². The van der Waals surface area contributed by atoms with Crippen LogP contribution in [0.25, 0.3) is 0 Å². The Bertz CT molecular complexity index is 887. The highest BCUT2D eigenvalue weighted by atomic mass is 35.5. The lowest BCUT2D eigenvalue weighted by atomic mass is 9.89. The van der Waals surface area contributed by atoms with Crippen LogP contribution in [0.15, 0.2) is 42.5 Å². The number of nitrogens with two attached hydrogens (primary N) is 1. The first-order chi connectivity index (χ1) is 14.2. The molecular weight excluding hydrogens is 421 g/mol. The van der Waals surface area contributed by atoms with Crippen molar-refractivity contribution in [1.82, 2.24) is 10.2 Å². The molecule has 7 heteroatoms. The molecule has 1 aliphatic rings. The lowest BCUT2D eigenvalue weighted by Gasteiger charge is -2.35. The average molecular weight is 448 g/mol. The normalized spacial score (nSPS) is 15.8. The van der Waals surface area contributed by atoms with Crippen LogP contribution in [0.4, 0.5) is 5.69 Å². The van der Waals surface area contributed by atoms with Gasteiger partial charge in [0, 0.05) is 34.4 Å². The Morgan fingerprint density at radius 3 is 2.23 bits per heavy atom. The second-order valence-corrected chi connectivity index (χ2v) is 8.99. The van der Waals surface area contributed by atoms with Crippen LogP contribution in [0.2, 0.25) is 10.0 Å². The maximum atomic E-state index is 13.2. The van der Waals surface area contributed by atoms with Crippen molar-refractivity contribution >= 4 is 40.7 Å². The Labute approximate surface area is 187 Å². The van der Waals surface area contributed by atoms with Gasteiger partial charge in [0.2, 0.25) is 5.91 Å². The second kappa shape index (κ2) is 9.71. The minimum Gasteiger partial charge on any atom is -0.399 e. The Morgan fingerprint density at radius 1 is 1.03 bits per heavy atom. The van der Waals surface area contributed by atoms with E-state index in [-0.39, 0.29) is 17.7 Å². The third-order valence-corrected chi connectivity index (χ3v) is 6.02. The number of rotatable bonds is 5. The van der Waals surface area contributed by atoms with Crippen LogP contribution in [0, 0.1) is 5.92 Å². The van der Waals surface area contributed by atoms with Crippen molar-refractivity contribution < 1.29 is 9.59 Å². The van der Waals surface area contributed by atoms with Gasteiger partial charge in [-0.1, -0.05) is 49.2 Å². The second-order valence-electron chi connectivity index (χ2n) is 8.12. The van der Waals surface area contributed by atoms with Crippen molar-refractivity contribution in [2.24, 2.45) is 5.92 Å². The molecular formula is C23H27Cl2N3O2. The zero-order valence-electron chi connectivity index (χ0n) is 17.2. The fourth-order valence-electron chi connectivity index (χ4n) is 3.85. The first-order valence-corrected chi connectivity index (χ1v) is 10.9. The van der Waals surface area contributed by atoms with Crippen molar-refractivity contribution in [2.45, 2.75) is 38.6 Å². The highest BCUT2D eigenvalue weighted by molar-refractivity contribution is 6.31. The van der Waals surface area contributed by atoms with E-state index < -0.39 is 6.04 Å². The van der Waals surface area contributed by atoms with Gasteiger partial charge in [-0.2, -0.15) is 0 Å². The number of benzene rings is 2. The Balaban J connectivity index is 1.64. The maximum Gasteiger partial charge on any atom is 0.252 e. The molecule has 0 saturated carbocycles. The monoisotopic (exact) mass is 447 g/mol. The van der Waals surface area contributed by atoms with Crippen LogP contribution in [0.3, 0.4) is 0 Å². The third-order valence-electron chi connectivity index (χ3n) is 5.55. The number of nitrogen functional groups attached to an aromatic ring is 1. The number of nitrogens with one attached hydrogen (secondary N) is 1. The van der Waals surface area contributed by atoms with Crippen LogP contribution in [0.5, 0.6) is 0 Å². The summed E-state index contributed by atoms with van der Waals surface area (Å²) in [5.41, 5.74) is 7.79. The average Bonchev–Trinajstić information content (AvgIpc) is 2.71. The number of carbonyl (C=O) groups is 2. The summed E-state index contributed by atoms with van der Waals surface area (Å²) in [6, 6.07) is 12.0. The van der Waals surface area contributed by atoms with E-state index in [0.29, 0.717) is 35.3 Å². The molecule has 0 unspecified atom stereocenters. The summed E-state index contributed by atoms with van der Waals surface area (Å²) in [4.78, 5) is 27.7. The van der Waals surface area contributed by atoms with Crippen LogP contribution < -0.4 is 11.1 Å². The van der Waals surface area contributed by atoms with Gasteiger partial charge in [0.25, 0.3) is 5.91 Å².